The zero-order valence-corrected chi connectivity index (χ0v) is 18.5. The summed E-state index contributed by atoms with van der Waals surface area (Å²) >= 11 is 0. The number of ether oxygens (including phenoxy) is 2. The summed E-state index contributed by atoms with van der Waals surface area (Å²) in [5, 5.41) is 11.7. The number of nitrogens with zero attached hydrogens (tertiary/aromatic N) is 2. The van der Waals surface area contributed by atoms with Gasteiger partial charge in [-0.05, 0) is 75.3 Å². The molecular weight excluding hydrogens is 412 g/mol. The Morgan fingerprint density at radius 1 is 1.12 bits per heavy atom. The normalized spacial score (nSPS) is 31.9. The lowest BCUT2D eigenvalue weighted by molar-refractivity contribution is -0.384. The van der Waals surface area contributed by atoms with Gasteiger partial charge in [-0.2, -0.15) is 0 Å². The van der Waals surface area contributed by atoms with Gasteiger partial charge in [0.05, 0.1) is 23.7 Å². The van der Waals surface area contributed by atoms with Crippen molar-refractivity contribution in [2.75, 3.05) is 31.2 Å². The third-order valence-electron chi connectivity index (χ3n) is 7.97. The molecule has 5 aliphatic rings. The second kappa shape index (κ2) is 8.14. The van der Waals surface area contributed by atoms with Crippen molar-refractivity contribution in [3.05, 3.63) is 33.9 Å². The molecule has 172 valence electrons. The minimum Gasteiger partial charge on any atom is -0.451 e. The predicted molar refractivity (Wildman–Crippen MR) is 117 cm³/mol. The summed E-state index contributed by atoms with van der Waals surface area (Å²) in [6, 6.07) is 4.39. The van der Waals surface area contributed by atoms with Gasteiger partial charge < -0.3 is 14.4 Å². The molecule has 1 atom stereocenters. The van der Waals surface area contributed by atoms with Crippen LogP contribution in [0, 0.1) is 33.3 Å². The molecule has 5 fully saturated rings. The predicted octanol–water partition coefficient (Wildman–Crippen LogP) is 3.76. The summed E-state index contributed by atoms with van der Waals surface area (Å²) in [4.78, 5) is 39.3. The van der Waals surface area contributed by atoms with Gasteiger partial charge in [-0.3, -0.25) is 14.9 Å². The smallest absolute Gasteiger partial charge is 0.339 e. The lowest BCUT2D eigenvalue weighted by Gasteiger charge is -2.56. The maximum atomic E-state index is 13.4. The third kappa shape index (κ3) is 3.78. The average Bonchev–Trinajstić information content (AvgIpc) is 2.77. The van der Waals surface area contributed by atoms with E-state index in [2.05, 4.69) is 0 Å². The van der Waals surface area contributed by atoms with Crippen LogP contribution >= 0.6 is 0 Å². The van der Waals surface area contributed by atoms with Crippen LogP contribution in [0.3, 0.4) is 0 Å². The molecule has 0 radical (unpaired) electrons. The van der Waals surface area contributed by atoms with Crippen molar-refractivity contribution in [1.29, 1.82) is 0 Å². The van der Waals surface area contributed by atoms with Crippen LogP contribution in [0.15, 0.2) is 18.2 Å². The number of morpholine rings is 1. The highest BCUT2D eigenvalue weighted by molar-refractivity contribution is 5.95. The monoisotopic (exact) mass is 442 g/mol. The highest BCUT2D eigenvalue weighted by Gasteiger charge is 2.55. The number of Topliss-reactive ketones (excluding diaryl/α,β-unsaturated/α-hetero) is 1. The number of hydrogen-bond acceptors (Lipinski definition) is 7. The summed E-state index contributed by atoms with van der Waals surface area (Å²) in [7, 11) is 0. The van der Waals surface area contributed by atoms with Crippen LogP contribution in [-0.4, -0.2) is 49.1 Å². The van der Waals surface area contributed by atoms with Crippen molar-refractivity contribution in [3.63, 3.8) is 0 Å². The molecule has 8 heteroatoms. The van der Waals surface area contributed by atoms with E-state index in [9.17, 15) is 19.7 Å². The van der Waals surface area contributed by atoms with Gasteiger partial charge in [0, 0.05) is 24.6 Å². The second-order valence-electron chi connectivity index (χ2n) is 10.2. The number of carbonyl (C=O) groups is 2. The standard InChI is InChI=1S/C24H30N2O6/c1-15(22(27)24-12-16-8-17(13-24)10-18(9-16)14-24)32-23(28)19-2-3-20(21(11-19)26(29)30)25-4-6-31-7-5-25/h2-3,11,15-18H,4-10,12-14H2,1H3/t15-,16?,17?,18?,24?/m1/s1. The van der Waals surface area contributed by atoms with Crippen LogP contribution in [-0.2, 0) is 14.3 Å². The number of esters is 1. The number of nitro groups is 1. The summed E-state index contributed by atoms with van der Waals surface area (Å²) in [6.45, 7) is 3.77. The van der Waals surface area contributed by atoms with Crippen molar-refractivity contribution in [2.45, 2.75) is 51.6 Å². The van der Waals surface area contributed by atoms with Crippen LogP contribution in [0.5, 0.6) is 0 Å². The van der Waals surface area contributed by atoms with E-state index in [1.54, 1.807) is 19.1 Å². The number of benzene rings is 1. The Morgan fingerprint density at radius 3 is 2.28 bits per heavy atom. The second-order valence-corrected chi connectivity index (χ2v) is 10.2. The van der Waals surface area contributed by atoms with Gasteiger partial charge in [0.15, 0.2) is 11.9 Å². The van der Waals surface area contributed by atoms with E-state index in [1.165, 1.54) is 25.3 Å². The molecule has 1 saturated heterocycles. The van der Waals surface area contributed by atoms with Crippen molar-refractivity contribution >= 4 is 23.1 Å². The molecular formula is C24H30N2O6. The minimum atomic E-state index is -0.850. The third-order valence-corrected chi connectivity index (χ3v) is 7.97. The highest BCUT2D eigenvalue weighted by atomic mass is 16.6. The highest BCUT2D eigenvalue weighted by Crippen LogP contribution is 2.60. The van der Waals surface area contributed by atoms with Crippen molar-refractivity contribution in [2.24, 2.45) is 23.2 Å². The van der Waals surface area contributed by atoms with Gasteiger partial charge in [0.25, 0.3) is 5.69 Å². The molecule has 1 heterocycles. The number of ketones is 1. The summed E-state index contributed by atoms with van der Waals surface area (Å²) in [5.41, 5.74) is 0.0773. The Bertz CT molecular complexity index is 903. The molecule has 0 spiro atoms. The van der Waals surface area contributed by atoms with E-state index in [0.29, 0.717) is 49.7 Å². The molecule has 0 aromatic heterocycles. The first-order chi connectivity index (χ1) is 15.3. The first-order valence-corrected chi connectivity index (χ1v) is 11.7. The van der Waals surface area contributed by atoms with Crippen molar-refractivity contribution in [1.82, 2.24) is 0 Å². The van der Waals surface area contributed by atoms with Gasteiger partial charge in [-0.15, -0.1) is 0 Å². The maximum Gasteiger partial charge on any atom is 0.339 e. The van der Waals surface area contributed by atoms with Crippen LogP contribution in [0.1, 0.15) is 55.8 Å². The van der Waals surface area contributed by atoms with E-state index in [0.717, 1.165) is 19.3 Å². The molecule has 0 N–H and O–H groups in total. The quantitative estimate of drug-likeness (QED) is 0.376. The number of nitro benzene ring substituents is 1. The van der Waals surface area contributed by atoms with Crippen LogP contribution in [0.2, 0.25) is 0 Å². The fourth-order valence-electron chi connectivity index (χ4n) is 6.99. The molecule has 1 aromatic carbocycles. The Labute approximate surface area is 187 Å². The Kier molecular flexibility index (Phi) is 5.43. The fraction of sp³-hybridized carbons (Fsp3) is 0.667. The molecule has 8 nitrogen and oxygen atoms in total. The van der Waals surface area contributed by atoms with Crippen LogP contribution < -0.4 is 4.90 Å². The Hall–Kier alpha value is -2.48. The molecule has 1 aliphatic heterocycles. The van der Waals surface area contributed by atoms with Gasteiger partial charge in [-0.25, -0.2) is 4.79 Å². The summed E-state index contributed by atoms with van der Waals surface area (Å²) < 4.78 is 10.9. The minimum absolute atomic E-state index is 0.0318. The molecule has 0 amide bonds. The zero-order valence-electron chi connectivity index (χ0n) is 18.5. The average molecular weight is 443 g/mol. The number of rotatable bonds is 6. The van der Waals surface area contributed by atoms with Gasteiger partial charge in [-0.1, -0.05) is 0 Å². The molecule has 32 heavy (non-hydrogen) atoms. The van der Waals surface area contributed by atoms with Gasteiger partial charge in [0.1, 0.15) is 5.69 Å². The van der Waals surface area contributed by atoms with Crippen molar-refractivity contribution in [3.8, 4) is 0 Å². The number of hydrogen-bond donors (Lipinski definition) is 0. The number of anilines is 1. The lowest BCUT2D eigenvalue weighted by atomic mass is 9.48. The van der Waals surface area contributed by atoms with E-state index in [4.69, 9.17) is 9.47 Å². The summed E-state index contributed by atoms with van der Waals surface area (Å²) in [6.07, 6.45) is 5.61. The SMILES string of the molecule is C[C@@H](OC(=O)c1ccc(N2CCOCC2)c([N+](=O)[O-])c1)C(=O)C12CC3CC(CC(C3)C1)C2. The molecule has 4 bridgehead atoms. The molecule has 4 saturated carbocycles. The molecule has 1 aromatic rings. The lowest BCUT2D eigenvalue weighted by Crippen LogP contribution is -2.52. The van der Waals surface area contributed by atoms with Crippen LogP contribution in [0.25, 0.3) is 0 Å². The van der Waals surface area contributed by atoms with E-state index in [1.807, 2.05) is 4.90 Å². The number of carbonyl (C=O) groups excluding carboxylic acids is 2. The Morgan fingerprint density at radius 2 is 1.72 bits per heavy atom. The summed E-state index contributed by atoms with van der Waals surface area (Å²) in [5.74, 6) is 1.23. The Balaban J connectivity index is 1.30. The first-order valence-electron chi connectivity index (χ1n) is 11.7. The molecule has 4 aliphatic carbocycles. The van der Waals surface area contributed by atoms with Crippen LogP contribution in [0.4, 0.5) is 11.4 Å². The maximum absolute atomic E-state index is 13.4. The first kappa shape index (κ1) is 21.4. The van der Waals surface area contributed by atoms with Gasteiger partial charge >= 0.3 is 5.97 Å². The van der Waals surface area contributed by atoms with E-state index < -0.39 is 17.0 Å². The molecule has 6 rings (SSSR count). The largest absolute Gasteiger partial charge is 0.451 e. The zero-order chi connectivity index (χ0) is 22.5. The van der Waals surface area contributed by atoms with E-state index >= 15 is 0 Å². The van der Waals surface area contributed by atoms with E-state index in [-0.39, 0.29) is 22.4 Å². The molecule has 0 unspecified atom stereocenters. The topological polar surface area (TPSA) is 99.0 Å². The fourth-order valence-corrected chi connectivity index (χ4v) is 6.99. The van der Waals surface area contributed by atoms with Crippen molar-refractivity contribution < 1.29 is 24.0 Å². The van der Waals surface area contributed by atoms with Gasteiger partial charge in [0.2, 0.25) is 0 Å².